The van der Waals surface area contributed by atoms with Gasteiger partial charge in [0, 0.05) is 5.56 Å². The van der Waals surface area contributed by atoms with E-state index in [1.807, 2.05) is 50.2 Å². The first-order valence-electron chi connectivity index (χ1n) is 10.3. The number of hydrogen-bond donors (Lipinski definition) is 0. The van der Waals surface area contributed by atoms with E-state index in [1.165, 1.54) is 12.1 Å². The molecule has 3 rings (SSSR count). The van der Waals surface area contributed by atoms with Crippen molar-refractivity contribution in [1.82, 2.24) is 0 Å². The molecule has 0 aliphatic rings. The van der Waals surface area contributed by atoms with Gasteiger partial charge >= 0.3 is 5.97 Å². The Balaban J connectivity index is 1.73. The number of para-hydroxylation sites is 1. The van der Waals surface area contributed by atoms with Crippen molar-refractivity contribution in [2.24, 2.45) is 11.8 Å². The molecule has 4 nitrogen and oxygen atoms in total. The van der Waals surface area contributed by atoms with Gasteiger partial charge in [0.05, 0.1) is 5.92 Å². The molecule has 0 amide bonds. The van der Waals surface area contributed by atoms with Crippen LogP contribution in [0.3, 0.4) is 0 Å². The van der Waals surface area contributed by atoms with Gasteiger partial charge in [0.1, 0.15) is 23.4 Å². The smallest absolute Gasteiger partial charge is 0.314 e. The molecule has 0 aliphatic carbocycles. The second-order valence-electron chi connectivity index (χ2n) is 7.61. The molecular weight excluding hydrogens is 405 g/mol. The minimum atomic E-state index is -1.07. The van der Waals surface area contributed by atoms with Crippen LogP contribution in [0.1, 0.15) is 31.1 Å². The largest absolute Gasteiger partial charge is 0.457 e. The van der Waals surface area contributed by atoms with E-state index in [9.17, 15) is 14.4 Å². The van der Waals surface area contributed by atoms with Crippen LogP contribution in [-0.2, 0) is 9.53 Å². The summed E-state index contributed by atoms with van der Waals surface area (Å²) in [6, 6.07) is 24.2. The first-order chi connectivity index (χ1) is 15.5. The van der Waals surface area contributed by atoms with Crippen LogP contribution in [0.2, 0.25) is 0 Å². The Hall–Kier alpha value is -3.91. The van der Waals surface area contributed by atoms with E-state index in [2.05, 4.69) is 0 Å². The molecule has 0 saturated carbocycles. The molecule has 5 heteroatoms. The quantitative estimate of drug-likeness (QED) is 0.373. The lowest BCUT2D eigenvalue weighted by molar-refractivity contribution is -0.151. The predicted molar refractivity (Wildman–Crippen MR) is 121 cm³/mol. The van der Waals surface area contributed by atoms with Gasteiger partial charge in [0.15, 0.2) is 0 Å². The zero-order chi connectivity index (χ0) is 22.9. The van der Waals surface area contributed by atoms with E-state index in [0.29, 0.717) is 17.1 Å². The monoisotopic (exact) mass is 429 g/mol. The number of esters is 1. The summed E-state index contributed by atoms with van der Waals surface area (Å²) in [5, 5.41) is 9.64. The topological polar surface area (TPSA) is 59.3 Å². The predicted octanol–water partition coefficient (Wildman–Crippen LogP) is 6.71. The van der Waals surface area contributed by atoms with Crippen LogP contribution >= 0.6 is 0 Å². The number of carbonyl (C=O) groups is 1. The first kappa shape index (κ1) is 22.8. The Morgan fingerprint density at radius 1 is 0.969 bits per heavy atom. The average Bonchev–Trinajstić information content (AvgIpc) is 2.79. The van der Waals surface area contributed by atoms with Gasteiger partial charge in [-0.15, -0.1) is 0 Å². The summed E-state index contributed by atoms with van der Waals surface area (Å²) in [6.07, 6.45) is 2.41. The van der Waals surface area contributed by atoms with E-state index >= 15 is 0 Å². The highest BCUT2D eigenvalue weighted by Gasteiger charge is 2.25. The summed E-state index contributed by atoms with van der Waals surface area (Å²) in [7, 11) is 0. The van der Waals surface area contributed by atoms with Crippen LogP contribution in [0.5, 0.6) is 11.5 Å². The molecule has 0 heterocycles. The Morgan fingerprint density at radius 3 is 2.31 bits per heavy atom. The summed E-state index contributed by atoms with van der Waals surface area (Å²) in [5.41, 5.74) is 1.30. The number of benzene rings is 3. The molecule has 3 aromatic carbocycles. The summed E-state index contributed by atoms with van der Waals surface area (Å²) in [4.78, 5) is 12.9. The van der Waals surface area contributed by atoms with Crippen molar-refractivity contribution in [2.75, 3.05) is 0 Å². The minimum Gasteiger partial charge on any atom is -0.457 e. The van der Waals surface area contributed by atoms with Crippen molar-refractivity contribution in [3.63, 3.8) is 0 Å². The molecule has 0 N–H and O–H groups in total. The zero-order valence-corrected chi connectivity index (χ0v) is 17.9. The molecule has 0 fully saturated rings. The highest BCUT2D eigenvalue weighted by Crippen LogP contribution is 2.27. The molecule has 2 atom stereocenters. The second kappa shape index (κ2) is 10.9. The van der Waals surface area contributed by atoms with Crippen LogP contribution in [0.15, 0.2) is 84.9 Å². The molecule has 2 unspecified atom stereocenters. The van der Waals surface area contributed by atoms with Crippen molar-refractivity contribution in [3.05, 3.63) is 102 Å². The first-order valence-corrected chi connectivity index (χ1v) is 10.3. The third kappa shape index (κ3) is 6.29. The molecule has 3 aromatic rings. The summed E-state index contributed by atoms with van der Waals surface area (Å²) >= 11 is 0. The Labute approximate surface area is 187 Å². The molecule has 32 heavy (non-hydrogen) atoms. The fraction of sp³-hybridized carbons (Fsp3) is 0.185. The van der Waals surface area contributed by atoms with Gasteiger partial charge in [-0.1, -0.05) is 68.5 Å². The molecular formula is C27H24FNO3. The fourth-order valence-corrected chi connectivity index (χ4v) is 3.09. The van der Waals surface area contributed by atoms with E-state index in [4.69, 9.17) is 9.47 Å². The number of ether oxygens (including phenoxy) is 2. The van der Waals surface area contributed by atoms with Crippen molar-refractivity contribution in [1.29, 1.82) is 5.26 Å². The van der Waals surface area contributed by atoms with Crippen molar-refractivity contribution >= 4 is 12.0 Å². The molecule has 0 saturated heterocycles. The molecule has 0 aliphatic heterocycles. The minimum absolute atomic E-state index is 0.0497. The van der Waals surface area contributed by atoms with Crippen molar-refractivity contribution in [3.8, 4) is 17.6 Å². The van der Waals surface area contributed by atoms with E-state index in [1.54, 1.807) is 48.6 Å². The van der Waals surface area contributed by atoms with Crippen LogP contribution < -0.4 is 4.74 Å². The number of nitriles is 1. The van der Waals surface area contributed by atoms with E-state index in [0.717, 1.165) is 5.56 Å². The lowest BCUT2D eigenvalue weighted by atomic mass is 9.94. The van der Waals surface area contributed by atoms with Crippen LogP contribution in [0.25, 0.3) is 6.08 Å². The van der Waals surface area contributed by atoms with Gasteiger partial charge in [-0.2, -0.15) is 5.26 Å². The number of rotatable bonds is 8. The Bertz CT molecular complexity index is 1100. The molecule has 0 aromatic heterocycles. The van der Waals surface area contributed by atoms with Crippen LogP contribution in [-0.4, -0.2) is 5.97 Å². The highest BCUT2D eigenvalue weighted by molar-refractivity contribution is 5.76. The second-order valence-corrected chi connectivity index (χ2v) is 7.61. The van der Waals surface area contributed by atoms with Gasteiger partial charge in [0.25, 0.3) is 0 Å². The third-order valence-electron chi connectivity index (χ3n) is 4.85. The van der Waals surface area contributed by atoms with Crippen molar-refractivity contribution < 1.29 is 18.7 Å². The maximum Gasteiger partial charge on any atom is 0.314 e. The summed E-state index contributed by atoms with van der Waals surface area (Å²) < 4.78 is 24.5. The van der Waals surface area contributed by atoms with Gasteiger partial charge in [-0.3, -0.25) is 4.79 Å². The maximum atomic E-state index is 13.1. The molecule has 0 bridgehead atoms. The number of carbonyl (C=O) groups excluding carboxylic acids is 1. The standard InChI is InChI=1S/C27H24FNO3/c1-19(2)25(16-13-20-11-14-22(28)15-12-20)27(30)32-26(18-29)21-7-6-10-24(17-21)31-23-8-4-3-5-9-23/h3-17,19,25-26H,1-2H3. The van der Waals surface area contributed by atoms with Gasteiger partial charge in [-0.05, 0) is 47.9 Å². The fourth-order valence-electron chi connectivity index (χ4n) is 3.09. The van der Waals surface area contributed by atoms with Crippen LogP contribution in [0.4, 0.5) is 4.39 Å². The normalized spacial score (nSPS) is 12.8. The molecule has 0 radical (unpaired) electrons. The SMILES string of the molecule is CC(C)C(C=Cc1ccc(F)cc1)C(=O)OC(C#N)c1cccc(Oc2ccccc2)c1. The van der Waals surface area contributed by atoms with Crippen molar-refractivity contribution in [2.45, 2.75) is 20.0 Å². The lowest BCUT2D eigenvalue weighted by Gasteiger charge is -2.19. The van der Waals surface area contributed by atoms with E-state index in [-0.39, 0.29) is 11.7 Å². The number of nitrogens with zero attached hydrogens (tertiary/aromatic N) is 1. The average molecular weight is 429 g/mol. The lowest BCUT2D eigenvalue weighted by Crippen LogP contribution is -2.22. The number of hydrogen-bond acceptors (Lipinski definition) is 4. The Morgan fingerprint density at radius 2 is 1.66 bits per heavy atom. The highest BCUT2D eigenvalue weighted by atomic mass is 19.1. The summed E-state index contributed by atoms with van der Waals surface area (Å²) in [6.45, 7) is 3.80. The van der Waals surface area contributed by atoms with Crippen LogP contribution in [0, 0.1) is 29.0 Å². The zero-order valence-electron chi connectivity index (χ0n) is 17.9. The maximum absolute atomic E-state index is 13.1. The third-order valence-corrected chi connectivity index (χ3v) is 4.85. The molecule has 162 valence electrons. The van der Waals surface area contributed by atoms with E-state index < -0.39 is 18.0 Å². The van der Waals surface area contributed by atoms with Gasteiger partial charge in [-0.25, -0.2) is 4.39 Å². The van der Waals surface area contributed by atoms with Gasteiger partial charge in [0.2, 0.25) is 6.10 Å². The number of halogens is 1. The summed E-state index contributed by atoms with van der Waals surface area (Å²) in [5.74, 6) is -0.217. The van der Waals surface area contributed by atoms with Gasteiger partial charge < -0.3 is 9.47 Å². The molecule has 0 spiro atoms. The Kier molecular flexibility index (Phi) is 7.77.